The monoisotopic (exact) mass is 219 g/mol. The first-order chi connectivity index (χ1) is 6.49. The summed E-state index contributed by atoms with van der Waals surface area (Å²) in [6.45, 7) is 1.98. The Bertz CT molecular complexity index is 357. The van der Waals surface area contributed by atoms with Gasteiger partial charge in [0.1, 0.15) is 0 Å². The molecule has 0 aliphatic carbocycles. The van der Waals surface area contributed by atoms with Gasteiger partial charge in [0, 0.05) is 5.56 Å². The number of hydrogen-bond donors (Lipinski definition) is 3. The molecule has 0 aliphatic rings. The van der Waals surface area contributed by atoms with Crippen LogP contribution in [-0.4, -0.2) is 16.8 Å². The highest BCUT2D eigenvalue weighted by Crippen LogP contribution is 2.38. The Morgan fingerprint density at radius 3 is 2.57 bits per heavy atom. The largest absolute Gasteiger partial charge is 0.505 e. The number of nitrogens with two attached hydrogens (primary N) is 1. The van der Waals surface area contributed by atoms with Crippen LogP contribution in [0.3, 0.4) is 0 Å². The van der Waals surface area contributed by atoms with Gasteiger partial charge in [-0.15, -0.1) is 0 Å². The van der Waals surface area contributed by atoms with E-state index in [0.717, 1.165) is 0 Å². The molecular weight excluding hydrogens is 209 g/mol. The second-order valence-corrected chi connectivity index (χ2v) is 3.50. The molecule has 0 amide bonds. The van der Waals surface area contributed by atoms with E-state index in [9.17, 15) is 9.50 Å². The van der Waals surface area contributed by atoms with E-state index in [4.69, 9.17) is 22.4 Å². The fraction of sp³-hybridized carbons (Fsp3) is 0.333. The molecule has 78 valence electrons. The Hall–Kier alpha value is -1.00. The highest BCUT2D eigenvalue weighted by Gasteiger charge is 2.19. The summed E-state index contributed by atoms with van der Waals surface area (Å²) in [4.78, 5) is 0. The Morgan fingerprint density at radius 1 is 1.50 bits per heavy atom. The number of phenolic OH excluding ortho intramolecular Hbond substituents is 2. The van der Waals surface area contributed by atoms with Gasteiger partial charge in [-0.1, -0.05) is 18.5 Å². The van der Waals surface area contributed by atoms with Crippen molar-refractivity contribution in [2.75, 3.05) is 6.54 Å². The molecule has 0 saturated heterocycles. The predicted molar refractivity (Wildman–Crippen MR) is 52.2 cm³/mol. The molecule has 1 aromatic carbocycles. The average molecular weight is 220 g/mol. The molecule has 0 spiro atoms. The second-order valence-electron chi connectivity index (χ2n) is 3.10. The summed E-state index contributed by atoms with van der Waals surface area (Å²) in [5.74, 6) is -2.66. The van der Waals surface area contributed by atoms with Gasteiger partial charge in [0.05, 0.1) is 5.02 Å². The molecular formula is C9H11ClFNO2. The van der Waals surface area contributed by atoms with Gasteiger partial charge in [-0.3, -0.25) is 0 Å². The number of phenols is 2. The predicted octanol–water partition coefficient (Wildman–Crippen LogP) is 1.95. The smallest absolute Gasteiger partial charge is 0.208 e. The Morgan fingerprint density at radius 2 is 2.07 bits per heavy atom. The summed E-state index contributed by atoms with van der Waals surface area (Å²) < 4.78 is 13.1. The van der Waals surface area contributed by atoms with Crippen molar-refractivity contribution in [2.45, 2.75) is 12.8 Å². The molecule has 1 atom stereocenters. The van der Waals surface area contributed by atoms with Crippen LogP contribution < -0.4 is 5.73 Å². The Balaban J connectivity index is 3.33. The van der Waals surface area contributed by atoms with Crippen molar-refractivity contribution in [1.82, 2.24) is 0 Å². The third-order valence-corrected chi connectivity index (χ3v) is 2.37. The molecule has 0 saturated carbocycles. The maximum absolute atomic E-state index is 13.1. The van der Waals surface area contributed by atoms with Gasteiger partial charge < -0.3 is 15.9 Å². The van der Waals surface area contributed by atoms with Gasteiger partial charge in [-0.2, -0.15) is 4.39 Å². The lowest BCUT2D eigenvalue weighted by Crippen LogP contribution is -2.09. The SMILES string of the molecule is CC(CN)c1cc(Cl)c(O)c(F)c1O. The maximum Gasteiger partial charge on any atom is 0.208 e. The van der Waals surface area contributed by atoms with Gasteiger partial charge in [0.15, 0.2) is 11.5 Å². The van der Waals surface area contributed by atoms with Crippen molar-refractivity contribution in [2.24, 2.45) is 5.73 Å². The van der Waals surface area contributed by atoms with Crippen LogP contribution in [0.25, 0.3) is 0 Å². The molecule has 1 rings (SSSR count). The minimum atomic E-state index is -1.10. The molecule has 0 aliphatic heterocycles. The molecule has 0 fully saturated rings. The summed E-state index contributed by atoms with van der Waals surface area (Å²) in [5.41, 5.74) is 5.67. The number of rotatable bonds is 2. The van der Waals surface area contributed by atoms with E-state index in [-0.39, 0.29) is 17.5 Å². The molecule has 0 heterocycles. The normalized spacial score (nSPS) is 12.9. The molecule has 3 nitrogen and oxygen atoms in total. The lowest BCUT2D eigenvalue weighted by molar-refractivity contribution is 0.383. The standard InChI is InChI=1S/C9H11ClFNO2/c1-4(3-12)5-2-6(10)9(14)7(11)8(5)13/h2,4,13-14H,3,12H2,1H3. The summed E-state index contributed by atoms with van der Waals surface area (Å²) in [6.07, 6.45) is 0. The summed E-state index contributed by atoms with van der Waals surface area (Å²) in [6, 6.07) is 1.31. The minimum Gasteiger partial charge on any atom is -0.505 e. The van der Waals surface area contributed by atoms with Crippen LogP contribution in [0.1, 0.15) is 18.4 Å². The molecule has 1 aromatic rings. The van der Waals surface area contributed by atoms with Crippen molar-refractivity contribution in [3.63, 3.8) is 0 Å². The molecule has 0 aromatic heterocycles. The van der Waals surface area contributed by atoms with E-state index >= 15 is 0 Å². The number of aromatic hydroxyl groups is 2. The van der Waals surface area contributed by atoms with Gasteiger partial charge >= 0.3 is 0 Å². The highest BCUT2D eigenvalue weighted by molar-refractivity contribution is 6.32. The van der Waals surface area contributed by atoms with E-state index in [1.54, 1.807) is 6.92 Å². The van der Waals surface area contributed by atoms with Gasteiger partial charge in [0.2, 0.25) is 5.82 Å². The zero-order chi connectivity index (χ0) is 10.9. The van der Waals surface area contributed by atoms with E-state index in [2.05, 4.69) is 0 Å². The zero-order valence-corrected chi connectivity index (χ0v) is 8.35. The van der Waals surface area contributed by atoms with E-state index < -0.39 is 17.3 Å². The molecule has 1 unspecified atom stereocenters. The molecule has 4 N–H and O–H groups in total. The summed E-state index contributed by atoms with van der Waals surface area (Å²) >= 11 is 5.55. The molecule has 5 heteroatoms. The number of halogens is 2. The fourth-order valence-corrected chi connectivity index (χ4v) is 1.32. The first-order valence-electron chi connectivity index (χ1n) is 4.09. The van der Waals surface area contributed by atoms with Crippen LogP contribution in [0.4, 0.5) is 4.39 Å². The summed E-state index contributed by atoms with van der Waals surface area (Å²) in [5, 5.41) is 18.3. The third kappa shape index (κ3) is 1.76. The lowest BCUT2D eigenvalue weighted by Gasteiger charge is -2.13. The topological polar surface area (TPSA) is 66.5 Å². The van der Waals surface area contributed by atoms with Crippen LogP contribution in [-0.2, 0) is 0 Å². The minimum absolute atomic E-state index is 0.129. The average Bonchev–Trinajstić information content (AvgIpc) is 2.19. The first kappa shape index (κ1) is 11.1. The number of hydrogen-bond acceptors (Lipinski definition) is 3. The molecule has 0 radical (unpaired) electrons. The van der Waals surface area contributed by atoms with Crippen LogP contribution in [0.5, 0.6) is 11.5 Å². The van der Waals surface area contributed by atoms with Gasteiger partial charge in [0.25, 0.3) is 0 Å². The quantitative estimate of drug-likeness (QED) is 0.712. The first-order valence-corrected chi connectivity index (χ1v) is 4.46. The van der Waals surface area contributed by atoms with E-state index in [1.165, 1.54) is 6.07 Å². The Kier molecular flexibility index (Phi) is 3.18. The van der Waals surface area contributed by atoms with Crippen molar-refractivity contribution in [1.29, 1.82) is 0 Å². The Labute approximate surface area is 85.9 Å². The highest BCUT2D eigenvalue weighted by atomic mass is 35.5. The van der Waals surface area contributed by atoms with Crippen molar-refractivity contribution < 1.29 is 14.6 Å². The van der Waals surface area contributed by atoms with E-state index in [0.29, 0.717) is 5.56 Å². The number of benzene rings is 1. The fourth-order valence-electron chi connectivity index (χ4n) is 1.12. The second kappa shape index (κ2) is 4.02. The lowest BCUT2D eigenvalue weighted by atomic mass is 10.00. The maximum atomic E-state index is 13.1. The molecule has 14 heavy (non-hydrogen) atoms. The zero-order valence-electron chi connectivity index (χ0n) is 7.59. The van der Waals surface area contributed by atoms with E-state index in [1.807, 2.05) is 0 Å². The van der Waals surface area contributed by atoms with Crippen LogP contribution in [0.15, 0.2) is 6.07 Å². The van der Waals surface area contributed by atoms with Gasteiger partial charge in [-0.25, -0.2) is 0 Å². The molecule has 0 bridgehead atoms. The van der Waals surface area contributed by atoms with Crippen LogP contribution in [0.2, 0.25) is 5.02 Å². The summed E-state index contributed by atoms with van der Waals surface area (Å²) in [7, 11) is 0. The van der Waals surface area contributed by atoms with Crippen LogP contribution >= 0.6 is 11.6 Å². The van der Waals surface area contributed by atoms with Crippen molar-refractivity contribution in [3.8, 4) is 11.5 Å². The van der Waals surface area contributed by atoms with Crippen molar-refractivity contribution in [3.05, 3.63) is 22.5 Å². The third-order valence-electron chi connectivity index (χ3n) is 2.08. The van der Waals surface area contributed by atoms with Gasteiger partial charge in [-0.05, 0) is 18.5 Å². The van der Waals surface area contributed by atoms with Crippen molar-refractivity contribution >= 4 is 11.6 Å². The van der Waals surface area contributed by atoms with Crippen LogP contribution in [0, 0.1) is 5.82 Å².